The van der Waals surface area contributed by atoms with Crippen molar-refractivity contribution >= 4 is 27.5 Å². The number of amides is 1. The smallest absolute Gasteiger partial charge is 0.261 e. The largest absolute Gasteiger partial charge is 0.351 e. The monoisotopic (exact) mass is 506 g/mol. The van der Waals surface area contributed by atoms with Crippen molar-refractivity contribution in [2.24, 2.45) is 7.05 Å². The molecule has 3 aromatic rings. The Morgan fingerprint density at radius 2 is 2.00 bits per heavy atom. The average molecular weight is 507 g/mol. The minimum absolute atomic E-state index is 0.0219. The van der Waals surface area contributed by atoms with E-state index in [0.29, 0.717) is 10.6 Å². The van der Waals surface area contributed by atoms with Crippen molar-refractivity contribution in [2.45, 2.75) is 30.2 Å². The molecule has 1 N–H and O–H groups in total. The number of nitrogens with one attached hydrogen (secondary N) is 1. The van der Waals surface area contributed by atoms with Crippen molar-refractivity contribution in [1.29, 1.82) is 0 Å². The molecule has 0 unspecified atom stereocenters. The SMILES string of the molecule is Cc1ccc(C(=O)NCC2(c3ncccc3F)CCN(S(=O)(=O)c3cnnn3C)CC2)c(Cl)c1. The minimum atomic E-state index is -3.82. The molecule has 12 heteroatoms. The van der Waals surface area contributed by atoms with E-state index in [2.05, 4.69) is 20.6 Å². The van der Waals surface area contributed by atoms with Crippen molar-refractivity contribution < 1.29 is 17.6 Å². The van der Waals surface area contributed by atoms with Crippen molar-refractivity contribution in [3.8, 4) is 0 Å². The maximum Gasteiger partial charge on any atom is 0.261 e. The lowest BCUT2D eigenvalue weighted by atomic mass is 9.75. The first kappa shape index (κ1) is 24.2. The molecule has 4 rings (SSSR count). The Hall–Kier alpha value is -2.89. The summed E-state index contributed by atoms with van der Waals surface area (Å²) in [4.78, 5) is 17.1. The molecule has 0 spiro atoms. The van der Waals surface area contributed by atoms with Crippen LogP contribution in [0.3, 0.4) is 0 Å². The fourth-order valence-corrected chi connectivity index (χ4v) is 6.02. The van der Waals surface area contributed by atoms with Crippen molar-refractivity contribution in [3.63, 3.8) is 0 Å². The Morgan fingerprint density at radius 3 is 2.62 bits per heavy atom. The molecule has 3 heterocycles. The number of hydrogen-bond donors (Lipinski definition) is 1. The van der Waals surface area contributed by atoms with E-state index in [-0.39, 0.29) is 43.2 Å². The molecular formula is C22H24ClFN6O3S. The predicted octanol–water partition coefficient (Wildman–Crippen LogP) is 2.46. The molecule has 1 aliphatic rings. The van der Waals surface area contributed by atoms with Gasteiger partial charge in [0.1, 0.15) is 5.82 Å². The van der Waals surface area contributed by atoms with E-state index in [1.54, 1.807) is 18.2 Å². The molecule has 0 atom stereocenters. The van der Waals surface area contributed by atoms with Crippen LogP contribution in [0.5, 0.6) is 0 Å². The van der Waals surface area contributed by atoms with E-state index in [0.717, 1.165) is 5.56 Å². The molecule has 0 saturated carbocycles. The van der Waals surface area contributed by atoms with Crippen molar-refractivity contribution in [1.82, 2.24) is 29.6 Å². The second-order valence-corrected chi connectivity index (χ2v) is 10.7. The first-order valence-corrected chi connectivity index (χ1v) is 12.5. The van der Waals surface area contributed by atoms with E-state index in [9.17, 15) is 17.6 Å². The van der Waals surface area contributed by atoms with Gasteiger partial charge in [-0.15, -0.1) is 5.10 Å². The molecule has 1 saturated heterocycles. The summed E-state index contributed by atoms with van der Waals surface area (Å²) in [6.07, 6.45) is 3.20. The van der Waals surface area contributed by atoms with Crippen LogP contribution in [0, 0.1) is 12.7 Å². The van der Waals surface area contributed by atoms with E-state index in [4.69, 9.17) is 11.6 Å². The number of sulfonamides is 1. The summed E-state index contributed by atoms with van der Waals surface area (Å²) in [7, 11) is -2.32. The van der Waals surface area contributed by atoms with Gasteiger partial charge in [0.05, 0.1) is 22.5 Å². The van der Waals surface area contributed by atoms with Gasteiger partial charge in [-0.05, 0) is 49.6 Å². The second kappa shape index (κ2) is 9.40. The zero-order chi connectivity index (χ0) is 24.5. The third kappa shape index (κ3) is 4.55. The number of carbonyl (C=O) groups is 1. The summed E-state index contributed by atoms with van der Waals surface area (Å²) in [5, 5.41) is 10.5. The quantitative estimate of drug-likeness (QED) is 0.550. The number of halogens is 2. The Morgan fingerprint density at radius 1 is 1.26 bits per heavy atom. The Balaban J connectivity index is 1.58. The number of carbonyl (C=O) groups excluding carboxylic acids is 1. The molecule has 1 aromatic carbocycles. The van der Waals surface area contributed by atoms with Crippen LogP contribution in [-0.4, -0.2) is 58.2 Å². The molecule has 1 amide bonds. The van der Waals surface area contributed by atoms with Crippen LogP contribution in [0.4, 0.5) is 4.39 Å². The first-order chi connectivity index (χ1) is 16.1. The predicted molar refractivity (Wildman–Crippen MR) is 123 cm³/mol. The molecule has 34 heavy (non-hydrogen) atoms. The van der Waals surface area contributed by atoms with Gasteiger partial charge in [-0.2, -0.15) is 4.31 Å². The summed E-state index contributed by atoms with van der Waals surface area (Å²) in [5.41, 5.74) is 0.539. The number of aromatic nitrogens is 4. The maximum absolute atomic E-state index is 14.8. The molecule has 0 aliphatic carbocycles. The van der Waals surface area contributed by atoms with Crippen LogP contribution in [0.25, 0.3) is 0 Å². The van der Waals surface area contributed by atoms with Crippen LogP contribution < -0.4 is 5.32 Å². The van der Waals surface area contributed by atoms with Gasteiger partial charge in [-0.1, -0.05) is 22.9 Å². The highest BCUT2D eigenvalue weighted by molar-refractivity contribution is 7.89. The summed E-state index contributed by atoms with van der Waals surface area (Å²) >= 11 is 6.23. The summed E-state index contributed by atoms with van der Waals surface area (Å²) in [5.74, 6) is -0.894. The zero-order valence-electron chi connectivity index (χ0n) is 18.7. The second-order valence-electron chi connectivity index (χ2n) is 8.38. The molecule has 0 radical (unpaired) electrons. The molecule has 1 fully saturated rings. The molecule has 180 valence electrons. The van der Waals surface area contributed by atoms with Crippen LogP contribution in [-0.2, 0) is 22.5 Å². The molecule has 1 aliphatic heterocycles. The van der Waals surface area contributed by atoms with Gasteiger partial charge in [0.25, 0.3) is 15.9 Å². The Bertz CT molecular complexity index is 1320. The highest BCUT2D eigenvalue weighted by Crippen LogP contribution is 2.37. The number of piperidine rings is 1. The lowest BCUT2D eigenvalue weighted by molar-refractivity contribution is 0.0931. The number of aryl methyl sites for hydroxylation is 2. The fraction of sp³-hybridized carbons (Fsp3) is 0.364. The maximum atomic E-state index is 14.8. The molecular weight excluding hydrogens is 483 g/mol. The number of benzene rings is 1. The Kier molecular flexibility index (Phi) is 6.70. The topological polar surface area (TPSA) is 110 Å². The van der Waals surface area contributed by atoms with Crippen molar-refractivity contribution in [3.05, 3.63) is 70.4 Å². The zero-order valence-corrected chi connectivity index (χ0v) is 20.3. The fourth-order valence-electron chi connectivity index (χ4n) is 4.22. The highest BCUT2D eigenvalue weighted by Gasteiger charge is 2.43. The third-order valence-electron chi connectivity index (χ3n) is 6.17. The lowest BCUT2D eigenvalue weighted by Crippen LogP contribution is -2.51. The molecule has 9 nitrogen and oxygen atoms in total. The van der Waals surface area contributed by atoms with Gasteiger partial charge in [0, 0.05) is 38.3 Å². The Labute approximate surface area is 202 Å². The lowest BCUT2D eigenvalue weighted by Gasteiger charge is -2.41. The van der Waals surface area contributed by atoms with E-state index in [1.807, 2.05) is 6.92 Å². The number of rotatable bonds is 6. The van der Waals surface area contributed by atoms with E-state index in [1.165, 1.54) is 40.6 Å². The molecule has 2 aromatic heterocycles. The number of nitrogens with zero attached hydrogens (tertiary/aromatic N) is 5. The van der Waals surface area contributed by atoms with Gasteiger partial charge in [0.15, 0.2) is 5.03 Å². The summed E-state index contributed by atoms with van der Waals surface area (Å²) in [6.45, 7) is 2.18. The summed E-state index contributed by atoms with van der Waals surface area (Å²) < 4.78 is 43.5. The van der Waals surface area contributed by atoms with Crippen LogP contribution in [0.2, 0.25) is 5.02 Å². The highest BCUT2D eigenvalue weighted by atomic mass is 35.5. The minimum Gasteiger partial charge on any atom is -0.351 e. The van der Waals surface area contributed by atoms with Crippen LogP contribution >= 0.6 is 11.6 Å². The van der Waals surface area contributed by atoms with Crippen LogP contribution in [0.15, 0.2) is 47.8 Å². The number of hydrogen-bond acceptors (Lipinski definition) is 6. The molecule has 0 bridgehead atoms. The van der Waals surface area contributed by atoms with Crippen LogP contribution in [0.1, 0.15) is 34.5 Å². The van der Waals surface area contributed by atoms with Gasteiger partial charge < -0.3 is 5.32 Å². The standard InChI is InChI=1S/C22H24ClFN6O3S/c1-15-5-6-16(17(23)12-15)21(31)26-14-22(20-18(24)4-3-9-25-20)7-10-30(11-8-22)34(32,33)19-13-27-28-29(19)2/h3-6,9,12-13H,7-8,10-11,14H2,1-2H3,(H,26,31). The first-order valence-electron chi connectivity index (χ1n) is 10.6. The third-order valence-corrected chi connectivity index (χ3v) is 8.43. The van der Waals surface area contributed by atoms with Gasteiger partial charge in [-0.3, -0.25) is 9.78 Å². The number of pyridine rings is 1. The van der Waals surface area contributed by atoms with Gasteiger partial charge in [0.2, 0.25) is 0 Å². The van der Waals surface area contributed by atoms with E-state index < -0.39 is 27.2 Å². The average Bonchev–Trinajstić information content (AvgIpc) is 3.25. The normalized spacial score (nSPS) is 16.4. The van der Waals surface area contributed by atoms with E-state index >= 15 is 0 Å². The van der Waals surface area contributed by atoms with Gasteiger partial charge >= 0.3 is 0 Å². The summed E-state index contributed by atoms with van der Waals surface area (Å²) in [6, 6.07) is 7.92. The van der Waals surface area contributed by atoms with Gasteiger partial charge in [-0.25, -0.2) is 17.5 Å². The van der Waals surface area contributed by atoms with Crippen molar-refractivity contribution in [2.75, 3.05) is 19.6 Å².